The Kier molecular flexibility index (Phi) is 81.7. The van der Waals surface area contributed by atoms with Crippen molar-refractivity contribution >= 4 is 39.5 Å². The summed E-state index contributed by atoms with van der Waals surface area (Å²) < 4.78 is 69.1. The van der Waals surface area contributed by atoms with E-state index >= 15 is 0 Å². The highest BCUT2D eigenvalue weighted by molar-refractivity contribution is 7.47. The summed E-state index contributed by atoms with van der Waals surface area (Å²) in [6.07, 6.45) is 78.0. The lowest BCUT2D eigenvalue weighted by molar-refractivity contribution is -0.161. The lowest BCUT2D eigenvalue weighted by atomic mass is 10.0. The molecule has 0 saturated heterocycles. The predicted molar refractivity (Wildman–Crippen MR) is 460 cm³/mol. The van der Waals surface area contributed by atoms with E-state index in [1.807, 2.05) is 0 Å². The zero-order chi connectivity index (χ0) is 81.3. The van der Waals surface area contributed by atoms with Crippen LogP contribution in [0.15, 0.2) is 0 Å². The number of phosphoric ester groups is 2. The Hall–Kier alpha value is -1.94. The molecule has 3 N–H and O–H groups in total. The number of aliphatic hydroxyl groups excluding tert-OH is 1. The molecule has 0 amide bonds. The highest BCUT2D eigenvalue weighted by Crippen LogP contribution is 2.45. The first-order valence-corrected chi connectivity index (χ1v) is 50.5. The summed E-state index contributed by atoms with van der Waals surface area (Å²) in [5.74, 6) is -0.561. The van der Waals surface area contributed by atoms with Crippen molar-refractivity contribution in [3.8, 4) is 0 Å². The number of carbonyl (C=O) groups is 4. The Morgan fingerprint density at radius 3 is 0.613 bits per heavy atom. The molecule has 111 heavy (non-hydrogen) atoms. The van der Waals surface area contributed by atoms with E-state index in [1.165, 1.54) is 315 Å². The van der Waals surface area contributed by atoms with Crippen LogP contribution >= 0.6 is 15.6 Å². The van der Waals surface area contributed by atoms with Gasteiger partial charge in [0.15, 0.2) is 12.2 Å². The predicted octanol–water partition coefficient (Wildman–Crippen LogP) is 28.6. The minimum atomic E-state index is -4.97. The maximum atomic E-state index is 13.2. The summed E-state index contributed by atoms with van der Waals surface area (Å²) in [6, 6.07) is 0. The van der Waals surface area contributed by atoms with Crippen LogP contribution in [-0.2, 0) is 65.4 Å². The van der Waals surface area contributed by atoms with Gasteiger partial charge in [0.1, 0.15) is 19.3 Å². The van der Waals surface area contributed by atoms with E-state index in [0.29, 0.717) is 25.7 Å². The molecule has 17 nitrogen and oxygen atoms in total. The third kappa shape index (κ3) is 85.8. The molecule has 0 bridgehead atoms. The Morgan fingerprint density at radius 2 is 0.414 bits per heavy atom. The van der Waals surface area contributed by atoms with E-state index in [-0.39, 0.29) is 25.7 Å². The van der Waals surface area contributed by atoms with Crippen LogP contribution in [0.4, 0.5) is 0 Å². The lowest BCUT2D eigenvalue weighted by Crippen LogP contribution is -2.30. The van der Waals surface area contributed by atoms with Crippen molar-refractivity contribution in [1.82, 2.24) is 0 Å². The van der Waals surface area contributed by atoms with Gasteiger partial charge in [0.05, 0.1) is 26.4 Å². The van der Waals surface area contributed by atoms with Crippen LogP contribution in [0.2, 0.25) is 0 Å². The van der Waals surface area contributed by atoms with Crippen molar-refractivity contribution in [3.63, 3.8) is 0 Å². The van der Waals surface area contributed by atoms with E-state index in [2.05, 4.69) is 41.5 Å². The quantitative estimate of drug-likeness (QED) is 0.0222. The van der Waals surface area contributed by atoms with Crippen LogP contribution in [0, 0.1) is 11.8 Å². The van der Waals surface area contributed by atoms with Gasteiger partial charge in [-0.05, 0) is 37.5 Å². The van der Waals surface area contributed by atoms with Gasteiger partial charge >= 0.3 is 39.5 Å². The standard InChI is InChI=1S/C92H180O17P2/c1-7-9-11-13-15-17-19-21-23-25-27-29-31-33-38-42-46-50-58-64-70-76-91(96)108-87(80-102-89(94)74-68-62-56-49-45-41-37-32-30-28-26-24-22-20-18-16-14-12-10-8-2)82-106-110(98,99)104-78-86(93)79-105-111(100,101)107-83-88(81-103-90(95)75-69-63-57-53-52-55-61-67-73-85(5)6)109-92(97)77-71-65-59-51-47-43-39-35-34-36-40-44-48-54-60-66-72-84(3)4/h84-88,93H,7-83H2,1-6H3,(H,98,99)(H,100,101)/t86-,87-,88-/m1/s1. The van der Waals surface area contributed by atoms with E-state index in [4.69, 9.17) is 37.0 Å². The summed E-state index contributed by atoms with van der Waals surface area (Å²) in [6.45, 7) is 9.70. The van der Waals surface area contributed by atoms with Gasteiger partial charge in [0, 0.05) is 25.7 Å². The molecule has 0 aliphatic heterocycles. The Morgan fingerprint density at radius 1 is 0.243 bits per heavy atom. The van der Waals surface area contributed by atoms with Crippen molar-refractivity contribution in [2.45, 2.75) is 516 Å². The molecular weight excluding hydrogens is 1440 g/mol. The van der Waals surface area contributed by atoms with Gasteiger partial charge in [0.2, 0.25) is 0 Å². The van der Waals surface area contributed by atoms with Gasteiger partial charge < -0.3 is 33.8 Å². The third-order valence-corrected chi connectivity index (χ3v) is 23.6. The highest BCUT2D eigenvalue weighted by Gasteiger charge is 2.31. The van der Waals surface area contributed by atoms with E-state index in [1.54, 1.807) is 0 Å². The molecule has 0 rings (SSSR count). The summed E-state index contributed by atoms with van der Waals surface area (Å²) in [4.78, 5) is 73.4. The number of phosphoric acid groups is 2. The van der Waals surface area contributed by atoms with Gasteiger partial charge in [-0.2, -0.15) is 0 Å². The fraction of sp³-hybridized carbons (Fsp3) is 0.957. The Bertz CT molecular complexity index is 2120. The average Bonchev–Trinajstić information content (AvgIpc) is 0.901. The van der Waals surface area contributed by atoms with Crippen LogP contribution in [0.3, 0.4) is 0 Å². The number of esters is 4. The summed E-state index contributed by atoms with van der Waals surface area (Å²) >= 11 is 0. The third-order valence-electron chi connectivity index (χ3n) is 21.7. The molecule has 0 aromatic heterocycles. The summed E-state index contributed by atoms with van der Waals surface area (Å²) in [5.41, 5.74) is 0. The van der Waals surface area contributed by atoms with Gasteiger partial charge in [-0.25, -0.2) is 9.13 Å². The molecular formula is C92H180O17P2. The van der Waals surface area contributed by atoms with Crippen molar-refractivity contribution in [3.05, 3.63) is 0 Å². The number of carbonyl (C=O) groups excluding carboxylic acids is 4. The van der Waals surface area contributed by atoms with Crippen LogP contribution < -0.4 is 0 Å². The normalized spacial score (nSPS) is 13.7. The average molecular weight is 1620 g/mol. The van der Waals surface area contributed by atoms with Gasteiger partial charge in [-0.15, -0.1) is 0 Å². The molecule has 0 aliphatic rings. The molecule has 0 radical (unpaired) electrons. The monoisotopic (exact) mass is 1620 g/mol. The fourth-order valence-electron chi connectivity index (χ4n) is 14.5. The zero-order valence-corrected chi connectivity index (χ0v) is 75.1. The Labute approximate surface area is 683 Å². The Balaban J connectivity index is 5.23. The molecule has 0 fully saturated rings. The maximum Gasteiger partial charge on any atom is 0.472 e. The van der Waals surface area contributed by atoms with Gasteiger partial charge in [0.25, 0.3) is 0 Å². The number of hydrogen-bond donors (Lipinski definition) is 3. The van der Waals surface area contributed by atoms with Crippen LogP contribution in [0.1, 0.15) is 497 Å². The maximum absolute atomic E-state index is 13.2. The first-order valence-electron chi connectivity index (χ1n) is 47.5. The molecule has 0 heterocycles. The highest BCUT2D eigenvalue weighted by atomic mass is 31.2. The van der Waals surface area contributed by atoms with Crippen molar-refractivity contribution in [2.75, 3.05) is 39.6 Å². The molecule has 660 valence electrons. The number of aliphatic hydroxyl groups is 1. The number of hydrogen-bond acceptors (Lipinski definition) is 15. The zero-order valence-electron chi connectivity index (χ0n) is 73.3. The molecule has 0 aromatic rings. The molecule has 2 unspecified atom stereocenters. The minimum Gasteiger partial charge on any atom is -0.462 e. The SMILES string of the molecule is CCCCCCCCCCCCCCCCCCCCCCCC(=O)O[C@H](COC(=O)CCCCCCCCCCCCCCCCCCCCCC)COP(=O)(O)OC[C@@H](O)COP(=O)(O)OC[C@@H](COC(=O)CCCCCCCCCCC(C)C)OC(=O)CCCCCCCCCCCCCCCCCCC(C)C. The summed E-state index contributed by atoms with van der Waals surface area (Å²) in [7, 11) is -9.94. The first kappa shape index (κ1) is 109. The first-order chi connectivity index (χ1) is 53.9. The molecule has 19 heteroatoms. The van der Waals surface area contributed by atoms with Crippen LogP contribution in [-0.4, -0.2) is 96.7 Å². The second-order valence-electron chi connectivity index (χ2n) is 34.0. The fourth-order valence-corrected chi connectivity index (χ4v) is 16.1. The van der Waals surface area contributed by atoms with E-state index in [0.717, 1.165) is 102 Å². The number of rotatable bonds is 91. The minimum absolute atomic E-state index is 0.108. The van der Waals surface area contributed by atoms with E-state index in [9.17, 15) is 43.2 Å². The second-order valence-corrected chi connectivity index (χ2v) is 36.9. The largest absolute Gasteiger partial charge is 0.472 e. The van der Waals surface area contributed by atoms with Crippen LogP contribution in [0.5, 0.6) is 0 Å². The molecule has 0 saturated carbocycles. The molecule has 5 atom stereocenters. The van der Waals surface area contributed by atoms with Crippen molar-refractivity contribution in [1.29, 1.82) is 0 Å². The van der Waals surface area contributed by atoms with Gasteiger partial charge in [-0.3, -0.25) is 37.3 Å². The van der Waals surface area contributed by atoms with Gasteiger partial charge in [-0.1, -0.05) is 446 Å². The topological polar surface area (TPSA) is 237 Å². The van der Waals surface area contributed by atoms with Crippen molar-refractivity contribution in [2.24, 2.45) is 11.8 Å². The lowest BCUT2D eigenvalue weighted by Gasteiger charge is -2.21. The second kappa shape index (κ2) is 83.1. The van der Waals surface area contributed by atoms with E-state index < -0.39 is 97.5 Å². The molecule has 0 aliphatic carbocycles. The number of unbranched alkanes of at least 4 members (excludes halogenated alkanes) is 61. The molecule has 0 aromatic carbocycles. The smallest absolute Gasteiger partial charge is 0.462 e. The van der Waals surface area contributed by atoms with Crippen molar-refractivity contribution < 1.29 is 80.2 Å². The summed E-state index contributed by atoms with van der Waals surface area (Å²) in [5, 5.41) is 10.7. The molecule has 0 spiro atoms. The van der Waals surface area contributed by atoms with Crippen LogP contribution in [0.25, 0.3) is 0 Å². The number of ether oxygens (including phenoxy) is 4.